The quantitative estimate of drug-likeness (QED) is 0.273. The molecule has 1 spiro atoms. The average molecular weight is 694 g/mol. The molecule has 13 heteroatoms. The molecule has 6 heterocycles. The zero-order valence-corrected chi connectivity index (χ0v) is 29.3. The number of nitrogens with zero attached hydrogens (tertiary/aromatic N) is 7. The maximum atomic E-state index is 16.1. The fourth-order valence-corrected chi connectivity index (χ4v) is 8.05. The molecular formula is C38H44FN9O3. The van der Waals surface area contributed by atoms with Crippen molar-refractivity contribution in [1.29, 1.82) is 0 Å². The fraction of sp³-hybridized carbons (Fsp3) is 0.447. The number of aromatic nitrogens is 4. The van der Waals surface area contributed by atoms with Crippen LogP contribution in [0.5, 0.6) is 5.88 Å². The van der Waals surface area contributed by atoms with Gasteiger partial charge in [-0.15, -0.1) is 0 Å². The first-order valence-electron chi connectivity index (χ1n) is 17.8. The molecule has 4 aliphatic rings. The van der Waals surface area contributed by atoms with Crippen LogP contribution in [0.3, 0.4) is 0 Å². The zero-order valence-electron chi connectivity index (χ0n) is 29.3. The average Bonchev–Trinajstić information content (AvgIpc) is 3.92. The van der Waals surface area contributed by atoms with E-state index in [-0.39, 0.29) is 43.3 Å². The number of nitrogens with one attached hydrogen (secondary N) is 2. The van der Waals surface area contributed by atoms with Crippen molar-refractivity contribution >= 4 is 23.2 Å². The Labute approximate surface area is 297 Å². The summed E-state index contributed by atoms with van der Waals surface area (Å²) < 4.78 is 23.4. The van der Waals surface area contributed by atoms with Gasteiger partial charge in [-0.05, 0) is 62.6 Å². The van der Waals surface area contributed by atoms with Gasteiger partial charge in [-0.2, -0.15) is 5.10 Å². The van der Waals surface area contributed by atoms with E-state index >= 15 is 4.39 Å². The first kappa shape index (κ1) is 33.3. The number of hydrogen-bond donors (Lipinski definition) is 2. The first-order chi connectivity index (χ1) is 24.6. The van der Waals surface area contributed by atoms with Crippen molar-refractivity contribution in [1.82, 2.24) is 35.0 Å². The van der Waals surface area contributed by atoms with Gasteiger partial charge in [0.2, 0.25) is 17.7 Å². The lowest BCUT2D eigenvalue weighted by atomic mass is 9.85. The van der Waals surface area contributed by atoms with E-state index < -0.39 is 11.1 Å². The van der Waals surface area contributed by atoms with Gasteiger partial charge in [0, 0.05) is 75.1 Å². The molecule has 0 radical (unpaired) electrons. The molecule has 0 aliphatic carbocycles. The van der Waals surface area contributed by atoms with Crippen LogP contribution < -0.4 is 20.5 Å². The van der Waals surface area contributed by atoms with Gasteiger partial charge in [0.1, 0.15) is 12.0 Å². The highest BCUT2D eigenvalue weighted by Crippen LogP contribution is 2.44. The van der Waals surface area contributed by atoms with Gasteiger partial charge in [-0.3, -0.25) is 19.2 Å². The van der Waals surface area contributed by atoms with Gasteiger partial charge in [-0.25, -0.2) is 19.8 Å². The normalized spacial score (nSPS) is 22.9. The number of hydrazine groups is 1. The summed E-state index contributed by atoms with van der Waals surface area (Å²) >= 11 is 0. The van der Waals surface area contributed by atoms with Crippen molar-refractivity contribution in [3.63, 3.8) is 0 Å². The number of ether oxygens (including phenoxy) is 1. The van der Waals surface area contributed by atoms with Crippen molar-refractivity contribution < 1.29 is 18.7 Å². The monoisotopic (exact) mass is 693 g/mol. The van der Waals surface area contributed by atoms with Crippen molar-refractivity contribution in [2.75, 3.05) is 49.6 Å². The molecule has 51 heavy (non-hydrogen) atoms. The third-order valence-corrected chi connectivity index (χ3v) is 10.9. The molecule has 2 amide bonds. The van der Waals surface area contributed by atoms with Crippen LogP contribution in [0.25, 0.3) is 11.4 Å². The molecule has 3 saturated heterocycles. The molecule has 4 aromatic rings. The van der Waals surface area contributed by atoms with Crippen molar-refractivity contribution in [3.8, 4) is 17.3 Å². The molecule has 1 unspecified atom stereocenters. The maximum absolute atomic E-state index is 16.1. The Bertz CT molecular complexity index is 1920. The van der Waals surface area contributed by atoms with E-state index in [0.29, 0.717) is 50.0 Å². The third kappa shape index (κ3) is 6.33. The van der Waals surface area contributed by atoms with E-state index in [1.165, 1.54) is 0 Å². The second kappa shape index (κ2) is 13.0. The van der Waals surface area contributed by atoms with E-state index in [1.807, 2.05) is 80.5 Å². The van der Waals surface area contributed by atoms with Crippen LogP contribution in [-0.2, 0) is 22.3 Å². The highest BCUT2D eigenvalue weighted by atomic mass is 19.1. The molecule has 0 saturated carbocycles. The number of likely N-dealkylation sites (tertiary alicyclic amines) is 2. The number of aryl methyl sites for hydroxylation is 1. The fourth-order valence-electron chi connectivity index (χ4n) is 8.05. The van der Waals surface area contributed by atoms with Gasteiger partial charge in [0.15, 0.2) is 5.82 Å². The number of hydrogen-bond acceptors (Lipinski definition) is 9. The molecule has 2 aromatic carbocycles. The molecule has 12 nitrogen and oxygen atoms in total. The summed E-state index contributed by atoms with van der Waals surface area (Å²) in [5.74, 6) is 1.31. The van der Waals surface area contributed by atoms with Gasteiger partial charge < -0.3 is 20.0 Å². The van der Waals surface area contributed by atoms with E-state index in [0.717, 1.165) is 40.9 Å². The molecule has 8 rings (SSSR count). The van der Waals surface area contributed by atoms with Crippen LogP contribution in [0.15, 0.2) is 67.1 Å². The van der Waals surface area contributed by atoms with Gasteiger partial charge >= 0.3 is 0 Å². The Morgan fingerprint density at radius 2 is 1.78 bits per heavy atom. The summed E-state index contributed by atoms with van der Waals surface area (Å²) in [6, 6.07) is 17.2. The van der Waals surface area contributed by atoms with E-state index in [4.69, 9.17) is 4.74 Å². The highest BCUT2D eigenvalue weighted by molar-refractivity contribution is 6.00. The van der Waals surface area contributed by atoms with Crippen LogP contribution in [-0.4, -0.2) is 86.7 Å². The van der Waals surface area contributed by atoms with Crippen molar-refractivity contribution in [3.05, 3.63) is 83.8 Å². The maximum Gasteiger partial charge on any atom is 0.236 e. The number of alkyl halides is 1. The number of halogens is 1. The van der Waals surface area contributed by atoms with Crippen LogP contribution >= 0.6 is 0 Å². The van der Waals surface area contributed by atoms with Crippen LogP contribution in [0.1, 0.15) is 62.3 Å². The van der Waals surface area contributed by atoms with Crippen LogP contribution in [0.4, 0.5) is 15.8 Å². The molecular weight excluding hydrogens is 649 g/mol. The number of amides is 2. The number of carbonyl (C=O) groups excluding carboxylic acids is 2. The standard InChI is InChI=1S/C38H44FN9O3/c1-25(2)51-32-11-6-27(21-40-32)34-30-20-29(9-10-31(30)42-43-34)48-19-13-37(36(48)50)12-16-46(23-37)22-33(49)47-17-14-38(39,15-18-47)28-7-4-26(5-8-28)35-41-24-45(3)44-35/h4-11,20-21,24-25,34,42-43H,12-19,22-23H2,1-3H3/t34?,37-/m0/s1. The van der Waals surface area contributed by atoms with Crippen molar-refractivity contribution in [2.45, 2.75) is 57.3 Å². The third-order valence-electron chi connectivity index (χ3n) is 10.9. The predicted octanol–water partition coefficient (Wildman–Crippen LogP) is 4.60. The van der Waals surface area contributed by atoms with Crippen molar-refractivity contribution in [2.24, 2.45) is 12.5 Å². The zero-order chi connectivity index (χ0) is 35.3. The lowest BCUT2D eigenvalue weighted by Gasteiger charge is -2.37. The minimum absolute atomic E-state index is 0.00377. The number of carbonyl (C=O) groups is 2. The minimum atomic E-state index is -1.49. The number of pyridine rings is 1. The number of benzene rings is 2. The largest absolute Gasteiger partial charge is 0.475 e. The number of rotatable bonds is 8. The molecule has 2 aromatic heterocycles. The Balaban J connectivity index is 0.866. The van der Waals surface area contributed by atoms with Crippen LogP contribution in [0, 0.1) is 5.41 Å². The Morgan fingerprint density at radius 1 is 1.00 bits per heavy atom. The second-order valence-electron chi connectivity index (χ2n) is 14.7. The molecule has 266 valence electrons. The molecule has 2 atom stereocenters. The molecule has 0 bridgehead atoms. The number of fused-ring (bicyclic) bond motifs is 1. The van der Waals surface area contributed by atoms with E-state index in [2.05, 4.69) is 36.9 Å². The first-order valence-corrected chi connectivity index (χ1v) is 17.8. The van der Waals surface area contributed by atoms with Gasteiger partial charge in [0.25, 0.3) is 0 Å². The second-order valence-corrected chi connectivity index (χ2v) is 14.7. The summed E-state index contributed by atoms with van der Waals surface area (Å²) in [6.45, 7) is 6.79. The molecule has 2 N–H and O–H groups in total. The topological polar surface area (TPSA) is 121 Å². The molecule has 3 fully saturated rings. The van der Waals surface area contributed by atoms with Gasteiger partial charge in [-0.1, -0.05) is 30.3 Å². The van der Waals surface area contributed by atoms with E-state index in [1.54, 1.807) is 15.9 Å². The summed E-state index contributed by atoms with van der Waals surface area (Å²) in [6.07, 6.45) is 5.48. The Morgan fingerprint density at radius 3 is 2.49 bits per heavy atom. The number of piperidine rings is 1. The smallest absolute Gasteiger partial charge is 0.236 e. The summed E-state index contributed by atoms with van der Waals surface area (Å²) in [5.41, 5.74) is 9.97. The highest BCUT2D eigenvalue weighted by Gasteiger charge is 2.51. The lowest BCUT2D eigenvalue weighted by molar-refractivity contribution is -0.135. The predicted molar refractivity (Wildman–Crippen MR) is 191 cm³/mol. The SMILES string of the molecule is CC(C)Oc1ccc(C2NNc3ccc(N4CC[C@]5(CCN(CC(=O)N6CCC(F)(c7ccc(-c8ncn(C)n8)cc7)CC6)C5)C4=O)cc32)cn1. The Kier molecular flexibility index (Phi) is 8.50. The van der Waals surface area contributed by atoms with E-state index in [9.17, 15) is 9.59 Å². The minimum Gasteiger partial charge on any atom is -0.475 e. The number of anilines is 2. The lowest BCUT2D eigenvalue weighted by Crippen LogP contribution is -2.47. The Hall–Kier alpha value is -4.88. The molecule has 4 aliphatic heterocycles. The summed E-state index contributed by atoms with van der Waals surface area (Å²) in [7, 11) is 1.81. The van der Waals surface area contributed by atoms with Gasteiger partial charge in [0.05, 0.1) is 29.8 Å². The summed E-state index contributed by atoms with van der Waals surface area (Å²) in [5, 5.41) is 4.32. The van der Waals surface area contributed by atoms with Crippen LogP contribution in [0.2, 0.25) is 0 Å². The summed E-state index contributed by atoms with van der Waals surface area (Å²) in [4.78, 5) is 42.0.